The van der Waals surface area contributed by atoms with E-state index in [0.29, 0.717) is 22.8 Å². The van der Waals surface area contributed by atoms with Crippen LogP contribution in [-0.4, -0.2) is 33.0 Å². The molecule has 0 aromatic carbocycles. The number of piperidine rings is 1. The molecular formula is C21H23F3N6. The van der Waals surface area contributed by atoms with Crippen molar-refractivity contribution in [3.8, 4) is 0 Å². The van der Waals surface area contributed by atoms with Crippen molar-refractivity contribution in [1.29, 1.82) is 0 Å². The average molecular weight is 416 g/mol. The molecule has 0 radical (unpaired) electrons. The first-order chi connectivity index (χ1) is 14.2. The van der Waals surface area contributed by atoms with Gasteiger partial charge in [0, 0.05) is 37.6 Å². The summed E-state index contributed by atoms with van der Waals surface area (Å²) in [5, 5.41) is 3.72. The van der Waals surface area contributed by atoms with Crippen molar-refractivity contribution in [2.45, 2.75) is 39.4 Å². The molecule has 0 atom stereocenters. The lowest BCUT2D eigenvalue weighted by molar-refractivity contribution is -0.141. The van der Waals surface area contributed by atoms with Crippen LogP contribution in [-0.2, 0) is 12.7 Å². The highest BCUT2D eigenvalue weighted by Gasteiger charge is 2.35. The van der Waals surface area contributed by atoms with Gasteiger partial charge in [-0.25, -0.2) is 4.98 Å². The second-order valence-electron chi connectivity index (χ2n) is 8.26. The maximum atomic E-state index is 13.3. The maximum absolute atomic E-state index is 13.3. The van der Waals surface area contributed by atoms with Gasteiger partial charge in [0.25, 0.3) is 0 Å². The summed E-state index contributed by atoms with van der Waals surface area (Å²) in [4.78, 5) is 19.2. The van der Waals surface area contributed by atoms with Crippen LogP contribution in [0.15, 0.2) is 36.7 Å². The van der Waals surface area contributed by atoms with Crippen LogP contribution in [0, 0.1) is 5.41 Å². The van der Waals surface area contributed by atoms with Crippen molar-refractivity contribution in [3.63, 3.8) is 0 Å². The lowest BCUT2D eigenvalue weighted by Gasteiger charge is -2.37. The molecule has 0 saturated carbocycles. The fourth-order valence-corrected chi connectivity index (χ4v) is 3.55. The van der Waals surface area contributed by atoms with E-state index in [-0.39, 0.29) is 17.5 Å². The van der Waals surface area contributed by atoms with Crippen molar-refractivity contribution >= 4 is 22.8 Å². The fraction of sp³-hybridized carbons (Fsp3) is 0.429. The Morgan fingerprint density at radius 2 is 1.73 bits per heavy atom. The molecule has 30 heavy (non-hydrogen) atoms. The number of pyridine rings is 2. The summed E-state index contributed by atoms with van der Waals surface area (Å²) < 4.78 is 39.8. The Balaban J connectivity index is 1.64. The van der Waals surface area contributed by atoms with Crippen LogP contribution in [0.2, 0.25) is 0 Å². The third kappa shape index (κ3) is 4.29. The highest BCUT2D eigenvalue weighted by molar-refractivity contribution is 5.87. The van der Waals surface area contributed by atoms with Crippen LogP contribution in [0.5, 0.6) is 0 Å². The van der Waals surface area contributed by atoms with Gasteiger partial charge in [0.2, 0.25) is 5.95 Å². The molecule has 4 heterocycles. The van der Waals surface area contributed by atoms with Crippen LogP contribution in [0.3, 0.4) is 0 Å². The Hall–Kier alpha value is -2.97. The molecule has 1 aliphatic heterocycles. The third-order valence-corrected chi connectivity index (χ3v) is 5.47. The number of anilines is 2. The van der Waals surface area contributed by atoms with Crippen LogP contribution in [0.4, 0.5) is 24.9 Å². The maximum Gasteiger partial charge on any atom is 0.433 e. The van der Waals surface area contributed by atoms with Gasteiger partial charge in [0.15, 0.2) is 5.65 Å². The summed E-state index contributed by atoms with van der Waals surface area (Å²) in [5.41, 5.74) is -0.0486. The van der Waals surface area contributed by atoms with E-state index in [1.807, 2.05) is 6.07 Å². The fourth-order valence-electron chi connectivity index (χ4n) is 3.55. The second kappa shape index (κ2) is 7.70. The molecule has 0 amide bonds. The standard InChI is InChI=1S/C21H23F3N6/c1-20(2)7-11-30(12-8-20)19-28-17-15(6-4-10-26-17)18(29-19)27-13-14-5-3-9-25-16(14)21(22,23)24/h3-6,9-10H,7-8,11-13H2,1-2H3,(H,26,27,28,29). The van der Waals surface area contributed by atoms with Crippen molar-refractivity contribution in [2.75, 3.05) is 23.3 Å². The number of nitrogens with zero attached hydrogens (tertiary/aromatic N) is 5. The van der Waals surface area contributed by atoms with Crippen molar-refractivity contribution in [3.05, 3.63) is 47.9 Å². The number of hydrogen-bond acceptors (Lipinski definition) is 6. The lowest BCUT2D eigenvalue weighted by atomic mass is 9.83. The predicted molar refractivity (Wildman–Crippen MR) is 109 cm³/mol. The highest BCUT2D eigenvalue weighted by atomic mass is 19.4. The first-order valence-corrected chi connectivity index (χ1v) is 9.86. The smallest absolute Gasteiger partial charge is 0.365 e. The molecule has 6 nitrogen and oxygen atoms in total. The van der Waals surface area contributed by atoms with Gasteiger partial charge in [-0.3, -0.25) is 4.98 Å². The number of alkyl halides is 3. The van der Waals surface area contributed by atoms with Gasteiger partial charge in [-0.2, -0.15) is 23.1 Å². The van der Waals surface area contributed by atoms with E-state index in [0.717, 1.165) is 32.1 Å². The zero-order valence-corrected chi connectivity index (χ0v) is 16.9. The summed E-state index contributed by atoms with van der Waals surface area (Å²) in [5.74, 6) is 1.01. The van der Waals surface area contributed by atoms with E-state index in [9.17, 15) is 13.2 Å². The van der Waals surface area contributed by atoms with E-state index < -0.39 is 11.9 Å². The SMILES string of the molecule is CC1(C)CCN(c2nc(NCc3cccnc3C(F)(F)F)c3cccnc3n2)CC1. The average Bonchev–Trinajstić information content (AvgIpc) is 2.71. The third-order valence-electron chi connectivity index (χ3n) is 5.47. The van der Waals surface area contributed by atoms with E-state index >= 15 is 0 Å². The zero-order valence-electron chi connectivity index (χ0n) is 16.9. The summed E-state index contributed by atoms with van der Waals surface area (Å²) >= 11 is 0. The molecule has 4 rings (SSSR count). The Morgan fingerprint density at radius 1 is 1.03 bits per heavy atom. The van der Waals surface area contributed by atoms with Crippen molar-refractivity contribution < 1.29 is 13.2 Å². The molecule has 3 aromatic rings. The van der Waals surface area contributed by atoms with Gasteiger partial charge in [-0.1, -0.05) is 19.9 Å². The molecule has 1 fully saturated rings. The molecule has 0 bridgehead atoms. The molecule has 3 aromatic heterocycles. The lowest BCUT2D eigenvalue weighted by Crippen LogP contribution is -2.38. The molecule has 0 aliphatic carbocycles. The number of nitrogens with one attached hydrogen (secondary N) is 1. The largest absolute Gasteiger partial charge is 0.433 e. The number of hydrogen-bond donors (Lipinski definition) is 1. The summed E-state index contributed by atoms with van der Waals surface area (Å²) in [6.07, 6.45) is 0.310. The van der Waals surface area contributed by atoms with Gasteiger partial charge in [0.05, 0.1) is 5.39 Å². The Bertz CT molecular complexity index is 1040. The van der Waals surface area contributed by atoms with E-state index in [4.69, 9.17) is 0 Å². The van der Waals surface area contributed by atoms with Crippen LogP contribution >= 0.6 is 0 Å². The predicted octanol–water partition coefficient (Wildman–Crippen LogP) is 4.68. The highest BCUT2D eigenvalue weighted by Crippen LogP contribution is 2.33. The number of halogens is 3. The number of rotatable bonds is 4. The Morgan fingerprint density at radius 3 is 2.47 bits per heavy atom. The Kier molecular flexibility index (Phi) is 5.21. The van der Waals surface area contributed by atoms with Gasteiger partial charge in [0.1, 0.15) is 11.5 Å². The number of aromatic nitrogens is 4. The van der Waals surface area contributed by atoms with E-state index in [1.54, 1.807) is 12.3 Å². The molecular weight excluding hydrogens is 393 g/mol. The normalized spacial score (nSPS) is 16.6. The summed E-state index contributed by atoms with van der Waals surface area (Å²) in [7, 11) is 0. The van der Waals surface area contributed by atoms with Crippen LogP contribution in [0.25, 0.3) is 11.0 Å². The molecule has 9 heteroatoms. The first-order valence-electron chi connectivity index (χ1n) is 9.86. The molecule has 1 N–H and O–H groups in total. The molecule has 1 aliphatic rings. The Labute approximate surface area is 172 Å². The topological polar surface area (TPSA) is 66.8 Å². The minimum atomic E-state index is -4.51. The zero-order chi connectivity index (χ0) is 21.4. The molecule has 0 unspecified atom stereocenters. The van der Waals surface area contributed by atoms with Crippen LogP contribution < -0.4 is 10.2 Å². The summed E-state index contributed by atoms with van der Waals surface area (Å²) in [6.45, 7) is 6.08. The molecule has 0 spiro atoms. The molecule has 1 saturated heterocycles. The minimum absolute atomic E-state index is 0.0573. The quantitative estimate of drug-likeness (QED) is 0.666. The number of fused-ring (bicyclic) bond motifs is 1. The van der Waals surface area contributed by atoms with Gasteiger partial charge < -0.3 is 10.2 Å². The minimum Gasteiger partial charge on any atom is -0.365 e. The monoisotopic (exact) mass is 416 g/mol. The first kappa shape index (κ1) is 20.3. The van der Waals surface area contributed by atoms with Crippen molar-refractivity contribution in [1.82, 2.24) is 19.9 Å². The summed E-state index contributed by atoms with van der Waals surface area (Å²) in [6, 6.07) is 6.47. The van der Waals surface area contributed by atoms with E-state index in [2.05, 4.69) is 44.0 Å². The van der Waals surface area contributed by atoms with Gasteiger partial charge in [-0.05, 0) is 36.5 Å². The molecule has 158 valence electrons. The van der Waals surface area contributed by atoms with Gasteiger partial charge in [-0.15, -0.1) is 0 Å². The van der Waals surface area contributed by atoms with Crippen molar-refractivity contribution in [2.24, 2.45) is 5.41 Å². The second-order valence-corrected chi connectivity index (χ2v) is 8.26. The van der Waals surface area contributed by atoms with E-state index in [1.165, 1.54) is 12.1 Å². The van der Waals surface area contributed by atoms with Gasteiger partial charge >= 0.3 is 6.18 Å². The van der Waals surface area contributed by atoms with Crippen LogP contribution in [0.1, 0.15) is 37.9 Å².